The van der Waals surface area contributed by atoms with E-state index in [2.05, 4.69) is 43.9 Å². The molecule has 3 aromatic heterocycles. The number of benzene rings is 2. The van der Waals surface area contributed by atoms with Crippen molar-refractivity contribution < 1.29 is 0 Å². The van der Waals surface area contributed by atoms with Gasteiger partial charge in [-0.05, 0) is 42.5 Å². The monoisotopic (exact) mass is 337 g/mol. The second-order valence-electron chi connectivity index (χ2n) is 5.99. The zero-order valence-corrected chi connectivity index (χ0v) is 13.9. The fraction of sp³-hybridized carbons (Fsp3) is 0. The van der Waals surface area contributed by atoms with Crippen LogP contribution in [0.15, 0.2) is 91.6 Å². The Kier molecular flexibility index (Phi) is 3.35. The zero-order valence-electron chi connectivity index (χ0n) is 13.9. The first-order chi connectivity index (χ1) is 12.9. The average molecular weight is 337 g/mol. The summed E-state index contributed by atoms with van der Waals surface area (Å²) in [6.45, 7) is 0. The molecule has 0 saturated heterocycles. The Morgan fingerprint density at radius 2 is 1.58 bits per heavy atom. The predicted molar refractivity (Wildman–Crippen MR) is 101 cm³/mol. The largest absolute Gasteiger partial charge is 0.299 e. The topological polar surface area (TPSA) is 48.5 Å². The summed E-state index contributed by atoms with van der Waals surface area (Å²) in [4.78, 5) is 8.61. The summed E-state index contributed by atoms with van der Waals surface area (Å²) in [5.74, 6) is 0. The van der Waals surface area contributed by atoms with Crippen molar-refractivity contribution in [3.05, 3.63) is 91.6 Å². The van der Waals surface area contributed by atoms with Gasteiger partial charge in [0.05, 0.1) is 34.3 Å². The SMILES string of the molecule is c1ccc(-n2nccc2-c2ccc3ncn(-c4ccncc4)c3c2)cc1. The molecule has 0 aliphatic carbocycles. The van der Waals surface area contributed by atoms with Crippen molar-refractivity contribution in [1.82, 2.24) is 24.3 Å². The van der Waals surface area contributed by atoms with Crippen molar-refractivity contribution in [3.63, 3.8) is 0 Å². The molecule has 5 aromatic rings. The van der Waals surface area contributed by atoms with E-state index in [0.717, 1.165) is 33.7 Å². The molecule has 5 heteroatoms. The number of nitrogens with zero attached hydrogens (tertiary/aromatic N) is 5. The van der Waals surface area contributed by atoms with Crippen LogP contribution in [-0.4, -0.2) is 24.3 Å². The summed E-state index contributed by atoms with van der Waals surface area (Å²) >= 11 is 0. The normalized spacial score (nSPS) is 11.1. The first-order valence-corrected chi connectivity index (χ1v) is 8.37. The van der Waals surface area contributed by atoms with E-state index in [1.54, 1.807) is 12.4 Å². The van der Waals surface area contributed by atoms with Crippen LogP contribution in [0.2, 0.25) is 0 Å². The quantitative estimate of drug-likeness (QED) is 0.494. The number of fused-ring (bicyclic) bond motifs is 1. The van der Waals surface area contributed by atoms with Crippen LogP contribution in [0.5, 0.6) is 0 Å². The van der Waals surface area contributed by atoms with Crippen LogP contribution >= 0.6 is 0 Å². The molecule has 0 aliphatic heterocycles. The molecule has 0 bridgehead atoms. The van der Waals surface area contributed by atoms with Gasteiger partial charge in [-0.3, -0.25) is 9.55 Å². The molecule has 0 unspecified atom stereocenters. The Hall–Kier alpha value is -3.73. The van der Waals surface area contributed by atoms with Crippen LogP contribution in [0.25, 0.3) is 33.7 Å². The third-order valence-electron chi connectivity index (χ3n) is 4.43. The fourth-order valence-electron chi connectivity index (χ4n) is 3.17. The molecule has 26 heavy (non-hydrogen) atoms. The second kappa shape index (κ2) is 5.97. The van der Waals surface area contributed by atoms with Gasteiger partial charge in [-0.25, -0.2) is 9.67 Å². The van der Waals surface area contributed by atoms with Crippen molar-refractivity contribution >= 4 is 11.0 Å². The lowest BCUT2D eigenvalue weighted by molar-refractivity contribution is 0.888. The maximum absolute atomic E-state index is 4.52. The number of rotatable bonds is 3. The summed E-state index contributed by atoms with van der Waals surface area (Å²) in [5.41, 5.74) is 6.22. The Bertz CT molecular complexity index is 1170. The van der Waals surface area contributed by atoms with Crippen LogP contribution in [0, 0.1) is 0 Å². The number of pyridine rings is 1. The molecule has 0 saturated carbocycles. The van der Waals surface area contributed by atoms with Crippen molar-refractivity contribution in [2.45, 2.75) is 0 Å². The van der Waals surface area contributed by atoms with Gasteiger partial charge in [0.2, 0.25) is 0 Å². The predicted octanol–water partition coefficient (Wildman–Crippen LogP) is 4.27. The van der Waals surface area contributed by atoms with Crippen molar-refractivity contribution in [1.29, 1.82) is 0 Å². The van der Waals surface area contributed by atoms with Crippen LogP contribution in [0.3, 0.4) is 0 Å². The van der Waals surface area contributed by atoms with Gasteiger partial charge in [0, 0.05) is 18.0 Å². The Morgan fingerprint density at radius 3 is 2.42 bits per heavy atom. The van der Waals surface area contributed by atoms with E-state index in [1.165, 1.54) is 0 Å². The maximum atomic E-state index is 4.52. The van der Waals surface area contributed by atoms with Gasteiger partial charge >= 0.3 is 0 Å². The van der Waals surface area contributed by atoms with E-state index in [0.29, 0.717) is 0 Å². The Balaban J connectivity index is 1.67. The van der Waals surface area contributed by atoms with Gasteiger partial charge in [0.15, 0.2) is 0 Å². The molecule has 0 N–H and O–H groups in total. The van der Waals surface area contributed by atoms with E-state index in [-0.39, 0.29) is 0 Å². The minimum Gasteiger partial charge on any atom is -0.299 e. The molecule has 3 heterocycles. The highest BCUT2D eigenvalue weighted by atomic mass is 15.3. The van der Waals surface area contributed by atoms with Gasteiger partial charge in [-0.15, -0.1) is 0 Å². The first kappa shape index (κ1) is 14.6. The lowest BCUT2D eigenvalue weighted by Crippen LogP contribution is -1.98. The highest BCUT2D eigenvalue weighted by Gasteiger charge is 2.11. The van der Waals surface area contributed by atoms with Gasteiger partial charge in [0.1, 0.15) is 6.33 Å². The van der Waals surface area contributed by atoms with E-state index < -0.39 is 0 Å². The lowest BCUT2D eigenvalue weighted by Gasteiger charge is -2.09. The van der Waals surface area contributed by atoms with E-state index in [1.807, 2.05) is 59.7 Å². The smallest absolute Gasteiger partial charge is 0.100 e. The molecule has 124 valence electrons. The van der Waals surface area contributed by atoms with Gasteiger partial charge in [-0.2, -0.15) is 5.10 Å². The average Bonchev–Trinajstić information content (AvgIpc) is 3.36. The number of hydrogen-bond donors (Lipinski definition) is 0. The molecule has 5 rings (SSSR count). The Morgan fingerprint density at radius 1 is 0.731 bits per heavy atom. The molecule has 0 radical (unpaired) electrons. The number of para-hydroxylation sites is 1. The number of hydrogen-bond acceptors (Lipinski definition) is 3. The third kappa shape index (κ3) is 2.38. The highest BCUT2D eigenvalue weighted by Crippen LogP contribution is 2.27. The molecule has 2 aromatic carbocycles. The molecule has 0 spiro atoms. The summed E-state index contributed by atoms with van der Waals surface area (Å²) in [5, 5.41) is 4.50. The van der Waals surface area contributed by atoms with Crippen molar-refractivity contribution in [2.75, 3.05) is 0 Å². The Labute approximate surface area is 150 Å². The zero-order chi connectivity index (χ0) is 17.3. The van der Waals surface area contributed by atoms with Crippen molar-refractivity contribution in [3.8, 4) is 22.6 Å². The lowest BCUT2D eigenvalue weighted by atomic mass is 10.1. The minimum atomic E-state index is 0.955. The van der Waals surface area contributed by atoms with Crippen LogP contribution in [-0.2, 0) is 0 Å². The molecule has 0 aliphatic rings. The summed E-state index contributed by atoms with van der Waals surface area (Å²) in [7, 11) is 0. The van der Waals surface area contributed by atoms with E-state index >= 15 is 0 Å². The van der Waals surface area contributed by atoms with Crippen molar-refractivity contribution in [2.24, 2.45) is 0 Å². The third-order valence-corrected chi connectivity index (χ3v) is 4.43. The molecular formula is C21H15N5. The number of aromatic nitrogens is 5. The second-order valence-corrected chi connectivity index (χ2v) is 5.99. The van der Waals surface area contributed by atoms with Crippen LogP contribution in [0.4, 0.5) is 0 Å². The summed E-state index contributed by atoms with van der Waals surface area (Å²) in [6, 6.07) is 22.4. The molecular weight excluding hydrogens is 322 g/mol. The minimum absolute atomic E-state index is 0.955. The van der Waals surface area contributed by atoms with Gasteiger partial charge in [-0.1, -0.05) is 24.3 Å². The fourth-order valence-corrected chi connectivity index (χ4v) is 3.17. The summed E-state index contributed by atoms with van der Waals surface area (Å²) < 4.78 is 4.03. The standard InChI is InChI=1S/C21H15N5/c1-2-4-18(5-3-1)26-20(10-13-24-26)16-6-7-19-21(14-16)25(15-23-19)17-8-11-22-12-9-17/h1-15H. The van der Waals surface area contributed by atoms with Crippen LogP contribution in [0.1, 0.15) is 0 Å². The van der Waals surface area contributed by atoms with E-state index in [9.17, 15) is 0 Å². The van der Waals surface area contributed by atoms with Gasteiger partial charge in [0.25, 0.3) is 0 Å². The number of imidazole rings is 1. The first-order valence-electron chi connectivity index (χ1n) is 8.37. The van der Waals surface area contributed by atoms with Gasteiger partial charge < -0.3 is 0 Å². The highest BCUT2D eigenvalue weighted by molar-refractivity contribution is 5.83. The molecule has 0 fully saturated rings. The summed E-state index contributed by atoms with van der Waals surface area (Å²) in [6.07, 6.45) is 7.25. The molecule has 0 amide bonds. The van der Waals surface area contributed by atoms with Crippen LogP contribution < -0.4 is 0 Å². The molecule has 0 atom stereocenters. The maximum Gasteiger partial charge on any atom is 0.100 e. The molecule has 5 nitrogen and oxygen atoms in total. The van der Waals surface area contributed by atoms with E-state index in [4.69, 9.17) is 0 Å².